The highest BCUT2D eigenvalue weighted by Gasteiger charge is 2.22. The van der Waals surface area contributed by atoms with Crippen LogP contribution in [0.1, 0.15) is 32.8 Å². The van der Waals surface area contributed by atoms with E-state index in [1.165, 1.54) is 6.07 Å². The molecule has 1 aromatic carbocycles. The summed E-state index contributed by atoms with van der Waals surface area (Å²) in [5.74, 6) is 0.397. The molecule has 1 atom stereocenters. The first kappa shape index (κ1) is 17.1. The summed E-state index contributed by atoms with van der Waals surface area (Å²) in [6.45, 7) is 6.63. The van der Waals surface area contributed by atoms with Crippen LogP contribution in [0.25, 0.3) is 0 Å². The lowest BCUT2D eigenvalue weighted by molar-refractivity contribution is -0.385. The van der Waals surface area contributed by atoms with E-state index in [1.807, 2.05) is 13.8 Å². The number of hydrogen-bond acceptors (Lipinski definition) is 4. The van der Waals surface area contributed by atoms with Gasteiger partial charge in [0.1, 0.15) is 0 Å². The molecule has 0 aliphatic rings. The van der Waals surface area contributed by atoms with Crippen LogP contribution in [0.3, 0.4) is 0 Å². The summed E-state index contributed by atoms with van der Waals surface area (Å²) >= 11 is 3.23. The Kier molecular flexibility index (Phi) is 6.10. The highest BCUT2D eigenvalue weighted by molar-refractivity contribution is 9.10. The summed E-state index contributed by atoms with van der Waals surface area (Å²) < 4.78 is 0.680. The van der Waals surface area contributed by atoms with Gasteiger partial charge in [0.2, 0.25) is 0 Å². The molecule has 1 unspecified atom stereocenters. The zero-order valence-corrected chi connectivity index (χ0v) is 13.6. The normalized spacial score (nSPS) is 14.3. The number of rotatable bonds is 7. The molecule has 0 amide bonds. The third-order valence-corrected chi connectivity index (χ3v) is 3.41. The molecule has 0 spiro atoms. The van der Waals surface area contributed by atoms with Crippen molar-refractivity contribution in [2.45, 2.75) is 39.3 Å². The summed E-state index contributed by atoms with van der Waals surface area (Å²) in [7, 11) is 0. The first-order valence-corrected chi connectivity index (χ1v) is 7.36. The molecule has 0 aliphatic heterocycles. The molecular weight excluding hydrogens is 324 g/mol. The Labute approximate surface area is 127 Å². The molecule has 0 heterocycles. The number of nitro benzene ring substituents is 1. The van der Waals surface area contributed by atoms with Crippen LogP contribution in [-0.2, 0) is 6.54 Å². The maximum absolute atomic E-state index is 11.0. The molecule has 20 heavy (non-hydrogen) atoms. The van der Waals surface area contributed by atoms with Gasteiger partial charge in [-0.15, -0.1) is 0 Å². The van der Waals surface area contributed by atoms with Gasteiger partial charge in [-0.05, 0) is 31.4 Å². The summed E-state index contributed by atoms with van der Waals surface area (Å²) in [6, 6.07) is 4.98. The van der Waals surface area contributed by atoms with E-state index in [-0.39, 0.29) is 5.69 Å². The predicted octanol–water partition coefficient (Wildman–Crippen LogP) is 3.24. The van der Waals surface area contributed by atoms with Crippen molar-refractivity contribution in [2.24, 2.45) is 5.92 Å². The fourth-order valence-electron chi connectivity index (χ4n) is 2.27. The predicted molar refractivity (Wildman–Crippen MR) is 82.6 cm³/mol. The van der Waals surface area contributed by atoms with Gasteiger partial charge in [-0.3, -0.25) is 10.1 Å². The van der Waals surface area contributed by atoms with Crippen LogP contribution in [0.5, 0.6) is 0 Å². The fraction of sp³-hybridized carbons (Fsp3) is 0.571. The van der Waals surface area contributed by atoms with Crippen LogP contribution in [0, 0.1) is 16.0 Å². The minimum Gasteiger partial charge on any atom is -0.389 e. The Morgan fingerprint density at radius 3 is 2.70 bits per heavy atom. The molecule has 0 saturated carbocycles. The molecule has 0 saturated heterocycles. The third kappa shape index (κ3) is 5.56. The van der Waals surface area contributed by atoms with E-state index in [0.717, 1.165) is 0 Å². The Morgan fingerprint density at radius 2 is 2.15 bits per heavy atom. The number of hydrogen-bond donors (Lipinski definition) is 2. The van der Waals surface area contributed by atoms with Gasteiger partial charge in [0.25, 0.3) is 5.69 Å². The van der Waals surface area contributed by atoms with E-state index in [4.69, 9.17) is 0 Å². The largest absolute Gasteiger partial charge is 0.389 e. The van der Waals surface area contributed by atoms with Crippen molar-refractivity contribution >= 4 is 21.6 Å². The number of aliphatic hydroxyl groups is 1. The molecule has 5 nitrogen and oxygen atoms in total. The molecule has 0 bridgehead atoms. The maximum Gasteiger partial charge on any atom is 0.275 e. The fourth-order valence-corrected chi connectivity index (χ4v) is 2.62. The van der Waals surface area contributed by atoms with Gasteiger partial charge in [-0.2, -0.15) is 0 Å². The van der Waals surface area contributed by atoms with Gasteiger partial charge in [-0.25, -0.2) is 0 Å². The zero-order valence-electron chi connectivity index (χ0n) is 12.0. The first-order valence-electron chi connectivity index (χ1n) is 6.57. The standard InChI is InChI=1S/C14H21BrN2O3/c1-10(2)7-14(3,18)9-16-8-11-4-5-12(15)6-13(11)17(19)20/h4-6,10,16,18H,7-9H2,1-3H3. The Morgan fingerprint density at radius 1 is 1.50 bits per heavy atom. The number of nitrogens with one attached hydrogen (secondary N) is 1. The van der Waals surface area contributed by atoms with Crippen LogP contribution in [0.2, 0.25) is 0 Å². The molecule has 2 N–H and O–H groups in total. The van der Waals surface area contributed by atoms with Crippen LogP contribution in [-0.4, -0.2) is 22.2 Å². The van der Waals surface area contributed by atoms with Gasteiger partial charge >= 0.3 is 0 Å². The minimum absolute atomic E-state index is 0.0791. The van der Waals surface area contributed by atoms with E-state index in [0.29, 0.717) is 35.5 Å². The number of halogens is 1. The van der Waals surface area contributed by atoms with E-state index >= 15 is 0 Å². The molecule has 1 aromatic rings. The van der Waals surface area contributed by atoms with Gasteiger partial charge < -0.3 is 10.4 Å². The highest BCUT2D eigenvalue weighted by Crippen LogP contribution is 2.23. The van der Waals surface area contributed by atoms with E-state index in [2.05, 4.69) is 21.2 Å². The Bertz CT molecular complexity index is 475. The first-order chi connectivity index (χ1) is 9.21. The Balaban J connectivity index is 2.64. The van der Waals surface area contributed by atoms with Crippen LogP contribution >= 0.6 is 15.9 Å². The summed E-state index contributed by atoms with van der Waals surface area (Å²) in [4.78, 5) is 10.6. The van der Waals surface area contributed by atoms with Gasteiger partial charge in [0.15, 0.2) is 0 Å². The third-order valence-electron chi connectivity index (χ3n) is 2.91. The van der Waals surface area contributed by atoms with Crippen LogP contribution < -0.4 is 5.32 Å². The average Bonchev–Trinajstić information content (AvgIpc) is 2.28. The lowest BCUT2D eigenvalue weighted by atomic mass is 9.94. The Hall–Kier alpha value is -0.980. The smallest absolute Gasteiger partial charge is 0.275 e. The van der Waals surface area contributed by atoms with E-state index in [1.54, 1.807) is 19.1 Å². The SMILES string of the molecule is CC(C)CC(C)(O)CNCc1ccc(Br)cc1[N+](=O)[O-]. The summed E-state index contributed by atoms with van der Waals surface area (Å²) in [5.41, 5.74) is -0.118. The second-order valence-electron chi connectivity index (χ2n) is 5.73. The molecule has 0 fully saturated rings. The summed E-state index contributed by atoms with van der Waals surface area (Å²) in [5, 5.41) is 24.3. The van der Waals surface area contributed by atoms with Crippen LogP contribution in [0.15, 0.2) is 22.7 Å². The monoisotopic (exact) mass is 344 g/mol. The van der Waals surface area contributed by atoms with Crippen molar-refractivity contribution in [1.29, 1.82) is 0 Å². The number of benzene rings is 1. The molecule has 112 valence electrons. The lowest BCUT2D eigenvalue weighted by Crippen LogP contribution is -2.38. The molecule has 0 aliphatic carbocycles. The van der Waals surface area contributed by atoms with Crippen molar-refractivity contribution in [3.63, 3.8) is 0 Å². The van der Waals surface area contributed by atoms with Gasteiger partial charge in [0, 0.05) is 29.2 Å². The number of nitrogens with zero attached hydrogens (tertiary/aromatic N) is 1. The van der Waals surface area contributed by atoms with Crippen molar-refractivity contribution in [2.75, 3.05) is 6.54 Å². The molecule has 0 aromatic heterocycles. The average molecular weight is 345 g/mol. The van der Waals surface area contributed by atoms with Gasteiger partial charge in [0.05, 0.1) is 10.5 Å². The van der Waals surface area contributed by atoms with E-state index < -0.39 is 10.5 Å². The van der Waals surface area contributed by atoms with Crippen molar-refractivity contribution in [1.82, 2.24) is 5.32 Å². The quantitative estimate of drug-likeness (QED) is 0.588. The van der Waals surface area contributed by atoms with Gasteiger partial charge in [-0.1, -0.05) is 29.8 Å². The second-order valence-corrected chi connectivity index (χ2v) is 6.64. The topological polar surface area (TPSA) is 75.4 Å². The zero-order chi connectivity index (χ0) is 15.3. The molecule has 0 radical (unpaired) electrons. The molecule has 6 heteroatoms. The second kappa shape index (κ2) is 7.15. The summed E-state index contributed by atoms with van der Waals surface area (Å²) in [6.07, 6.45) is 0.683. The lowest BCUT2D eigenvalue weighted by Gasteiger charge is -2.25. The highest BCUT2D eigenvalue weighted by atomic mass is 79.9. The maximum atomic E-state index is 11.0. The van der Waals surface area contributed by atoms with E-state index in [9.17, 15) is 15.2 Å². The molecular formula is C14H21BrN2O3. The van der Waals surface area contributed by atoms with Crippen molar-refractivity contribution in [3.05, 3.63) is 38.3 Å². The minimum atomic E-state index is -0.807. The van der Waals surface area contributed by atoms with Crippen LogP contribution in [0.4, 0.5) is 5.69 Å². The van der Waals surface area contributed by atoms with Crippen molar-refractivity contribution in [3.8, 4) is 0 Å². The molecule has 1 rings (SSSR count). The van der Waals surface area contributed by atoms with Crippen molar-refractivity contribution < 1.29 is 10.0 Å². The number of nitro groups is 1.